The topological polar surface area (TPSA) is 26.3 Å². The van der Waals surface area contributed by atoms with Gasteiger partial charge in [-0.2, -0.15) is 13.2 Å². The Bertz CT molecular complexity index is 476. The van der Waals surface area contributed by atoms with Crippen LogP contribution in [0.4, 0.5) is 26.3 Å². The van der Waals surface area contributed by atoms with Gasteiger partial charge in [0, 0.05) is 6.07 Å². The average Bonchev–Trinajstić information content (AvgIpc) is 2.22. The van der Waals surface area contributed by atoms with Gasteiger partial charge in [-0.1, -0.05) is 0 Å². The van der Waals surface area contributed by atoms with Gasteiger partial charge < -0.3 is 4.74 Å². The Labute approximate surface area is 94.7 Å². The molecular weight excluding hydrogens is 278 g/mol. The van der Waals surface area contributed by atoms with E-state index >= 15 is 0 Å². The van der Waals surface area contributed by atoms with Crippen LogP contribution in [0.5, 0.6) is 5.75 Å². The second kappa shape index (κ2) is 4.44. The molecule has 2 nitrogen and oxygen atoms in total. The van der Waals surface area contributed by atoms with E-state index < -0.39 is 40.4 Å². The summed E-state index contributed by atoms with van der Waals surface area (Å²) in [5.41, 5.74) is 0. The molecule has 1 rings (SSSR count). The van der Waals surface area contributed by atoms with Crippen molar-refractivity contribution < 1.29 is 35.9 Å². The molecule has 0 spiro atoms. The van der Waals surface area contributed by atoms with Gasteiger partial charge in [0.05, 0.1) is 0 Å². The molecule has 1 aromatic carbocycles. The van der Waals surface area contributed by atoms with Crippen LogP contribution in [0.2, 0.25) is 0 Å². The fourth-order valence-electron chi connectivity index (χ4n) is 0.804. The Balaban J connectivity index is 3.21. The van der Waals surface area contributed by atoms with Crippen molar-refractivity contribution in [2.75, 3.05) is 0 Å². The van der Waals surface area contributed by atoms with Crippen molar-refractivity contribution in [2.24, 2.45) is 0 Å². The molecule has 17 heavy (non-hydrogen) atoms. The molecule has 0 aliphatic carbocycles. The molecule has 0 saturated heterocycles. The van der Waals surface area contributed by atoms with E-state index in [2.05, 4.69) is 16.3 Å². The average molecular weight is 279 g/mol. The lowest BCUT2D eigenvalue weighted by Gasteiger charge is -2.14. The van der Waals surface area contributed by atoms with Crippen LogP contribution in [0.25, 0.3) is 0 Å². The molecule has 9 heteroatoms. The quantitative estimate of drug-likeness (QED) is 0.368. The van der Waals surface area contributed by atoms with Crippen molar-refractivity contribution in [1.29, 1.82) is 0 Å². The summed E-state index contributed by atoms with van der Waals surface area (Å²) in [6, 6.07) is -0.179. The van der Waals surface area contributed by atoms with E-state index in [9.17, 15) is 31.1 Å². The molecule has 0 bridgehead atoms. The lowest BCUT2D eigenvalue weighted by Crippen LogP contribution is -2.32. The maximum atomic E-state index is 12.8. The molecule has 0 unspecified atom stereocenters. The third-order valence-corrected chi connectivity index (χ3v) is 1.76. The van der Waals surface area contributed by atoms with Crippen LogP contribution < -0.4 is 4.74 Å². The van der Waals surface area contributed by atoms with Gasteiger partial charge in [0.25, 0.3) is 0 Å². The molecule has 0 aliphatic heterocycles. The monoisotopic (exact) mass is 278 g/mol. The second-order valence-corrected chi connectivity index (χ2v) is 3.03. The van der Waals surface area contributed by atoms with Gasteiger partial charge in [-0.15, -0.1) is 0 Å². The highest BCUT2D eigenvalue weighted by atomic mass is 35.5. The van der Waals surface area contributed by atoms with Crippen molar-refractivity contribution in [3.8, 4) is 5.75 Å². The zero-order chi connectivity index (χ0) is 13.4. The third-order valence-electron chi connectivity index (χ3n) is 1.54. The maximum Gasteiger partial charge on any atom is 0.477 e. The number of halogens is 7. The predicted octanol–water partition coefficient (Wildman–Crippen LogP) is 2.98. The lowest BCUT2D eigenvalue weighted by molar-refractivity contribution is -0.182. The zero-order valence-corrected chi connectivity index (χ0v) is 8.30. The number of benzene rings is 1. The van der Waals surface area contributed by atoms with Crippen LogP contribution in [0, 0.1) is 23.3 Å². The van der Waals surface area contributed by atoms with Crippen molar-refractivity contribution in [3.05, 3.63) is 29.3 Å². The molecule has 0 heterocycles. The number of carbonyl (C=O) groups is 1. The van der Waals surface area contributed by atoms with E-state index in [1.54, 1.807) is 0 Å². The molecule has 0 radical (unpaired) electrons. The summed E-state index contributed by atoms with van der Waals surface area (Å²) in [6.45, 7) is 0. The van der Waals surface area contributed by atoms with Crippen LogP contribution in [0.3, 0.4) is 0 Å². The second-order valence-electron chi connectivity index (χ2n) is 2.69. The minimum atomic E-state index is -4.70. The van der Waals surface area contributed by atoms with Crippen molar-refractivity contribution in [1.82, 2.24) is 0 Å². The molecule has 1 aromatic rings. The summed E-state index contributed by atoms with van der Waals surface area (Å²) in [5, 5.41) is -2.33. The molecule has 0 N–H and O–H groups in total. The SMILES string of the molecule is O=C(Cl)C(F)(F)Oc1cc(F)c(F)c(F)c1F. The highest BCUT2D eigenvalue weighted by Gasteiger charge is 2.42. The predicted molar refractivity (Wildman–Crippen MR) is 42.7 cm³/mol. The van der Waals surface area contributed by atoms with Crippen LogP contribution in [0.1, 0.15) is 0 Å². The maximum absolute atomic E-state index is 12.8. The Morgan fingerprint density at radius 2 is 1.65 bits per heavy atom. The number of ether oxygens (including phenoxy) is 1. The smallest absolute Gasteiger partial charge is 0.422 e. The summed E-state index contributed by atoms with van der Waals surface area (Å²) in [4.78, 5) is 10.1. The molecule has 0 amide bonds. The van der Waals surface area contributed by atoms with Crippen LogP contribution in [-0.4, -0.2) is 11.4 Å². The molecule has 0 fully saturated rings. The van der Waals surface area contributed by atoms with Gasteiger partial charge in [0.1, 0.15) is 0 Å². The largest absolute Gasteiger partial charge is 0.477 e. The van der Waals surface area contributed by atoms with Crippen molar-refractivity contribution in [2.45, 2.75) is 6.11 Å². The number of hydrogen-bond acceptors (Lipinski definition) is 2. The first-order valence-corrected chi connectivity index (χ1v) is 4.14. The van der Waals surface area contributed by atoms with E-state index in [0.717, 1.165) is 0 Å². The van der Waals surface area contributed by atoms with Gasteiger partial charge in [-0.25, -0.2) is 13.2 Å². The van der Waals surface area contributed by atoms with Crippen molar-refractivity contribution in [3.63, 3.8) is 0 Å². The van der Waals surface area contributed by atoms with E-state index in [1.165, 1.54) is 0 Å². The molecule has 94 valence electrons. The third kappa shape index (κ3) is 2.63. The van der Waals surface area contributed by atoms with E-state index in [0.29, 0.717) is 0 Å². The highest BCUT2D eigenvalue weighted by molar-refractivity contribution is 6.65. The van der Waals surface area contributed by atoms with Crippen molar-refractivity contribution >= 4 is 16.8 Å². The first-order valence-electron chi connectivity index (χ1n) is 3.76. The Hall–Kier alpha value is -1.44. The van der Waals surface area contributed by atoms with Crippen LogP contribution in [-0.2, 0) is 4.79 Å². The Morgan fingerprint density at radius 3 is 2.12 bits per heavy atom. The van der Waals surface area contributed by atoms with Gasteiger partial charge in [-0.3, -0.25) is 4.79 Å². The summed E-state index contributed by atoms with van der Waals surface area (Å²) in [5.74, 6) is -10.4. The molecule has 0 atom stereocenters. The molecule has 0 saturated carbocycles. The van der Waals surface area contributed by atoms with E-state index in [4.69, 9.17) is 0 Å². The van der Waals surface area contributed by atoms with E-state index in [-0.39, 0.29) is 6.07 Å². The summed E-state index contributed by atoms with van der Waals surface area (Å²) in [7, 11) is 0. The number of alkyl halides is 2. The van der Waals surface area contributed by atoms with Crippen LogP contribution >= 0.6 is 11.6 Å². The fourth-order valence-corrected chi connectivity index (χ4v) is 0.842. The zero-order valence-electron chi connectivity index (χ0n) is 7.54. The first kappa shape index (κ1) is 13.6. The summed E-state index contributed by atoms with van der Waals surface area (Å²) < 4.78 is 79.0. The minimum absolute atomic E-state index is 0.179. The molecule has 0 aromatic heterocycles. The lowest BCUT2D eigenvalue weighted by atomic mass is 10.3. The highest BCUT2D eigenvalue weighted by Crippen LogP contribution is 2.30. The standard InChI is InChI=1S/C8HClF6O2/c9-7(16)8(14,15)17-3-1-2(10)4(11)6(13)5(3)12/h1H. The Kier molecular flexibility index (Phi) is 3.56. The summed E-state index contributed by atoms with van der Waals surface area (Å²) >= 11 is 4.38. The van der Waals surface area contributed by atoms with Gasteiger partial charge in [0.2, 0.25) is 11.6 Å². The molecule has 0 aliphatic rings. The normalized spacial score (nSPS) is 11.5. The Morgan fingerprint density at radius 1 is 1.12 bits per heavy atom. The van der Waals surface area contributed by atoms with Gasteiger partial charge in [-0.05, 0) is 11.6 Å². The number of carbonyl (C=O) groups excluding carboxylic acids is 1. The van der Waals surface area contributed by atoms with E-state index in [1.807, 2.05) is 0 Å². The number of rotatable bonds is 3. The first-order chi connectivity index (χ1) is 7.66. The number of hydrogen-bond donors (Lipinski definition) is 0. The minimum Gasteiger partial charge on any atom is -0.422 e. The molecular formula is C8HClF6O2. The summed E-state index contributed by atoms with van der Waals surface area (Å²) in [6.07, 6.45) is -4.70. The fraction of sp³-hybridized carbons (Fsp3) is 0.125. The van der Waals surface area contributed by atoms with Gasteiger partial charge >= 0.3 is 11.4 Å². The van der Waals surface area contributed by atoms with Gasteiger partial charge in [0.15, 0.2) is 17.4 Å². The van der Waals surface area contributed by atoms with Crippen LogP contribution in [0.15, 0.2) is 6.07 Å².